The lowest BCUT2D eigenvalue weighted by atomic mass is 9.43. The summed E-state index contributed by atoms with van der Waals surface area (Å²) in [5.74, 6) is -2.79. The highest BCUT2D eigenvalue weighted by molar-refractivity contribution is 6.31. The van der Waals surface area contributed by atoms with E-state index in [9.17, 15) is 35.1 Å². The average Bonchev–Trinajstić information content (AvgIpc) is 3.68. The lowest BCUT2D eigenvalue weighted by Gasteiger charge is -2.62. The van der Waals surface area contributed by atoms with Gasteiger partial charge in [-0.2, -0.15) is 0 Å². The number of hydrogen-bond donors (Lipinski definition) is 6. The van der Waals surface area contributed by atoms with Gasteiger partial charge in [0, 0.05) is 58.6 Å². The Morgan fingerprint density at radius 1 is 0.929 bits per heavy atom. The number of amides is 1. The van der Waals surface area contributed by atoms with Gasteiger partial charge in [0.05, 0.1) is 47.3 Å². The number of fused-ring (bicyclic) bond motifs is 6. The molecule has 2 aromatic rings. The average molecular weight is 961 g/mol. The summed E-state index contributed by atoms with van der Waals surface area (Å²) in [7, 11) is 0. The fourth-order valence-corrected chi connectivity index (χ4v) is 12.7. The number of Topliss-reactive ketones (excluding diaryl/α,β-unsaturated/α-hetero) is 2. The van der Waals surface area contributed by atoms with Crippen LogP contribution in [-0.2, 0) is 25.5 Å². The van der Waals surface area contributed by atoms with Crippen LogP contribution in [-0.4, -0.2) is 122 Å². The summed E-state index contributed by atoms with van der Waals surface area (Å²) in [6.45, 7) is 14.7. The van der Waals surface area contributed by atoms with Crippen LogP contribution in [0.5, 0.6) is 17.2 Å². The van der Waals surface area contributed by atoms with Gasteiger partial charge in [-0.05, 0) is 93.2 Å². The van der Waals surface area contributed by atoms with Gasteiger partial charge in [0.25, 0.3) is 0 Å². The van der Waals surface area contributed by atoms with Crippen LogP contribution in [0.25, 0.3) is 11.8 Å². The first-order valence-corrected chi connectivity index (χ1v) is 24.6. The maximum Gasteiger partial charge on any atom is 0.246 e. The van der Waals surface area contributed by atoms with Crippen molar-refractivity contribution in [3.8, 4) is 17.2 Å². The zero-order chi connectivity index (χ0) is 50.0. The number of nitrogens with one attached hydrogen (secondary N) is 1. The Morgan fingerprint density at radius 3 is 2.36 bits per heavy atom. The molecule has 70 heavy (non-hydrogen) atoms. The third kappa shape index (κ3) is 7.01. The van der Waals surface area contributed by atoms with E-state index in [0.29, 0.717) is 75.4 Å². The zero-order valence-corrected chi connectivity index (χ0v) is 41.0. The molecule has 5 fully saturated rings. The minimum absolute atomic E-state index is 0.0409. The van der Waals surface area contributed by atoms with E-state index in [4.69, 9.17) is 28.7 Å². The van der Waals surface area contributed by atoms with Gasteiger partial charge < -0.3 is 54.5 Å². The van der Waals surface area contributed by atoms with Crippen LogP contribution in [0.3, 0.4) is 0 Å². The lowest BCUT2D eigenvalue weighted by molar-refractivity contribution is -0.277. The molecule has 11 rings (SSSR count). The number of aliphatic hydroxyl groups is 5. The third-order valence-corrected chi connectivity index (χ3v) is 16.0. The maximum atomic E-state index is 16.0. The normalized spacial score (nSPS) is 34.6. The molecule has 12 atom stereocenters. The van der Waals surface area contributed by atoms with Crippen molar-refractivity contribution in [1.29, 1.82) is 0 Å². The van der Waals surface area contributed by atoms with Crippen molar-refractivity contribution in [3.05, 3.63) is 98.7 Å². The van der Waals surface area contributed by atoms with Crippen molar-refractivity contribution in [2.24, 2.45) is 28.7 Å². The number of ether oxygens (including phenoxy) is 5. The lowest BCUT2D eigenvalue weighted by Crippen LogP contribution is -2.75. The van der Waals surface area contributed by atoms with Crippen molar-refractivity contribution in [1.82, 2.24) is 5.32 Å². The number of carbonyl (C=O) groups is 3. The Hall–Kier alpha value is -5.26. The summed E-state index contributed by atoms with van der Waals surface area (Å²) >= 11 is 0. The van der Waals surface area contributed by atoms with E-state index in [1.165, 1.54) is 0 Å². The highest BCUT2D eigenvalue weighted by Gasteiger charge is 2.84. The Labute approximate surface area is 407 Å². The molecule has 15 nitrogen and oxygen atoms in total. The molecule has 15 heteroatoms. The summed E-state index contributed by atoms with van der Waals surface area (Å²) in [6.07, 6.45) is 3.50. The second kappa shape index (κ2) is 17.2. The van der Waals surface area contributed by atoms with Crippen LogP contribution in [0.1, 0.15) is 114 Å². The fraction of sp³-hybridized carbons (Fsp3) is 0.527. The molecule has 4 aliphatic carbocycles. The minimum Gasteiger partial charge on any atom is -0.482 e. The Balaban J connectivity index is 1.30. The standard InChI is InChI=1S/C55H64N2O13/c1-26(2)12-11-19-53(8)20-18-32-46(68-53)31(16-15-27(3)4)48-38(47(32)67-51-45(63)44(62)43(61)34(25-59)66-51)41-39-36(37-40(57-41)29-13-9-10-14-30(29)42(37)60)33-24-35-52(6,7)70-54(49(33)64,55(35,39)69-48)21-17-28(5)50(65)56-22-23-58/h9-10,12-15,17-18,20,33-37,43-45,51,58-59,61-63H,11,16,19,21-25H2,1-8H3,(H,56,65)/b28-17-/t33?,34-,35?,36?,37?,43-,44+,45-,51+,53?,54?,55?/m0/s1. The Bertz CT molecular complexity index is 2770. The monoisotopic (exact) mass is 960 g/mol. The molecule has 0 aromatic heterocycles. The second-order valence-electron chi connectivity index (χ2n) is 21.5. The minimum atomic E-state index is -1.79. The van der Waals surface area contributed by atoms with E-state index in [1.54, 1.807) is 19.1 Å². The number of carbonyl (C=O) groups excluding carboxylic acids is 3. The van der Waals surface area contributed by atoms with Crippen LogP contribution in [0, 0.1) is 23.7 Å². The van der Waals surface area contributed by atoms with E-state index in [-0.39, 0.29) is 49.1 Å². The zero-order valence-electron chi connectivity index (χ0n) is 41.0. The molecular formula is C55H64N2O13. The van der Waals surface area contributed by atoms with Gasteiger partial charge in [0.15, 0.2) is 22.8 Å². The molecule has 9 aliphatic rings. The smallest absolute Gasteiger partial charge is 0.246 e. The predicted molar refractivity (Wildman–Crippen MR) is 258 cm³/mol. The van der Waals surface area contributed by atoms with E-state index < -0.39 is 89.3 Å². The van der Waals surface area contributed by atoms with Gasteiger partial charge in [-0.15, -0.1) is 0 Å². The molecular weight excluding hydrogens is 897 g/mol. The maximum absolute atomic E-state index is 16.0. The van der Waals surface area contributed by atoms with Gasteiger partial charge in [0.2, 0.25) is 12.2 Å². The second-order valence-corrected chi connectivity index (χ2v) is 21.5. The quantitative estimate of drug-likeness (QED) is 0.111. The van der Waals surface area contributed by atoms with E-state index in [2.05, 4.69) is 17.5 Å². The molecule has 2 aromatic carbocycles. The molecule has 7 unspecified atom stereocenters. The van der Waals surface area contributed by atoms with Crippen LogP contribution >= 0.6 is 0 Å². The number of ketones is 2. The number of rotatable bonds is 13. The first-order valence-electron chi connectivity index (χ1n) is 24.6. The van der Waals surface area contributed by atoms with Gasteiger partial charge in [-0.3, -0.25) is 19.4 Å². The summed E-state index contributed by atoms with van der Waals surface area (Å²) in [5, 5.41) is 56.1. The topological polar surface area (TPSA) is 223 Å². The molecule has 4 bridgehead atoms. The number of benzene rings is 2. The van der Waals surface area contributed by atoms with Crippen molar-refractivity contribution < 1.29 is 63.6 Å². The van der Waals surface area contributed by atoms with Gasteiger partial charge >= 0.3 is 0 Å². The Morgan fingerprint density at radius 2 is 1.66 bits per heavy atom. The molecule has 3 saturated carbocycles. The molecule has 372 valence electrons. The first-order chi connectivity index (χ1) is 33.2. The molecule has 0 radical (unpaired) electrons. The third-order valence-electron chi connectivity index (χ3n) is 16.0. The van der Waals surface area contributed by atoms with Crippen molar-refractivity contribution >= 4 is 35.0 Å². The van der Waals surface area contributed by atoms with E-state index in [1.807, 2.05) is 78.8 Å². The molecule has 1 spiro atoms. The van der Waals surface area contributed by atoms with Gasteiger partial charge in [0.1, 0.15) is 47.3 Å². The summed E-state index contributed by atoms with van der Waals surface area (Å²) in [6, 6.07) is 7.32. The van der Waals surface area contributed by atoms with Crippen LogP contribution < -0.4 is 19.5 Å². The summed E-state index contributed by atoms with van der Waals surface area (Å²) in [4.78, 5) is 49.8. The van der Waals surface area contributed by atoms with Crippen LogP contribution in [0.4, 0.5) is 0 Å². The molecule has 2 saturated heterocycles. The number of aliphatic hydroxyl groups excluding tert-OH is 5. The SMILES string of the molecule is CC(C)=CCCC1(C)C=Cc2c(c(CC=C(C)C)c3c(c2O[C@H]2O[C@@H](CO)[C@H](O)[C@@H](O)[C@@H]2O)C2=C4C(C5CC6C(C)(C)OC(C/C=C(/C)C(=O)NCCO)(C5=O)C46O3)C3C(=O)c4ccccc4C3=N2)O1. The number of hydrogen-bond acceptors (Lipinski definition) is 14. The van der Waals surface area contributed by atoms with E-state index >= 15 is 4.79 Å². The highest BCUT2D eigenvalue weighted by Crippen LogP contribution is 2.74. The van der Waals surface area contributed by atoms with Crippen molar-refractivity contribution in [3.63, 3.8) is 0 Å². The predicted octanol–water partition coefficient (Wildman–Crippen LogP) is 5.27. The number of allylic oxidation sites excluding steroid dienone is 4. The van der Waals surface area contributed by atoms with Crippen molar-refractivity contribution in [2.75, 3.05) is 19.8 Å². The first kappa shape index (κ1) is 48.4. The fourth-order valence-electron chi connectivity index (χ4n) is 12.7. The molecule has 1 amide bonds. The van der Waals surface area contributed by atoms with Crippen LogP contribution in [0.15, 0.2) is 75.9 Å². The van der Waals surface area contributed by atoms with E-state index in [0.717, 1.165) is 11.1 Å². The molecule has 5 heterocycles. The van der Waals surface area contributed by atoms with Crippen LogP contribution in [0.2, 0.25) is 0 Å². The Kier molecular flexibility index (Phi) is 11.9. The molecule has 5 aliphatic heterocycles. The van der Waals surface area contributed by atoms with Gasteiger partial charge in [-0.25, -0.2) is 0 Å². The van der Waals surface area contributed by atoms with Crippen molar-refractivity contribution in [2.45, 2.75) is 141 Å². The number of nitrogens with zero attached hydrogens (tertiary/aromatic N) is 1. The highest BCUT2D eigenvalue weighted by atomic mass is 16.7. The summed E-state index contributed by atoms with van der Waals surface area (Å²) < 4.78 is 35.3. The van der Waals surface area contributed by atoms with Gasteiger partial charge in [-0.1, -0.05) is 53.6 Å². The largest absolute Gasteiger partial charge is 0.482 e. The number of aliphatic imine (C=N–C) groups is 1. The summed E-state index contributed by atoms with van der Waals surface area (Å²) in [5.41, 5.74) is 1.39. The molecule has 6 N–H and O–H groups in total.